The van der Waals surface area contributed by atoms with Crippen LogP contribution in [0, 0.1) is 0 Å². The van der Waals surface area contributed by atoms with Crippen LogP contribution in [0.5, 0.6) is 0 Å². The third kappa shape index (κ3) is 3.53. The highest BCUT2D eigenvalue weighted by Gasteiger charge is 2.29. The Kier molecular flexibility index (Phi) is 7.15. The molecule has 0 aliphatic carbocycles. The topological polar surface area (TPSA) is 0 Å². The fraction of sp³-hybridized carbons (Fsp3) is 0.333. The summed E-state index contributed by atoms with van der Waals surface area (Å²) in [7, 11) is 0. The van der Waals surface area contributed by atoms with Crippen LogP contribution in [0.4, 0.5) is 0 Å². The molecule has 0 heterocycles. The van der Waals surface area contributed by atoms with Gasteiger partial charge < -0.3 is 0 Å². The molecule has 0 atom stereocenters. The van der Waals surface area contributed by atoms with Crippen LogP contribution >= 0.6 is 104 Å². The predicted octanol–water partition coefficient (Wildman–Crippen LogP) is 8.08. The maximum atomic E-state index is 6.09. The van der Waals surface area contributed by atoms with Crippen LogP contribution in [0.25, 0.3) is 0 Å². The lowest BCUT2D eigenvalue weighted by Gasteiger charge is -2.20. The first-order chi connectivity index (χ1) is 8.20. The van der Waals surface area contributed by atoms with Gasteiger partial charge in [-0.05, 0) is 0 Å². The molecule has 1 aromatic rings. The van der Waals surface area contributed by atoms with Crippen molar-refractivity contribution < 1.29 is 0 Å². The Hall–Kier alpha value is 1.83. The van der Waals surface area contributed by atoms with E-state index in [1.54, 1.807) is 0 Å². The Labute approximate surface area is 149 Å². The molecule has 0 spiro atoms. The highest BCUT2D eigenvalue weighted by atomic mass is 35.5. The van der Waals surface area contributed by atoms with Crippen LogP contribution in [-0.2, 0) is 0 Å². The lowest BCUT2D eigenvalue weighted by atomic mass is 10.1. The number of halogens is 9. The number of benzene rings is 1. The lowest BCUT2D eigenvalue weighted by molar-refractivity contribution is 1.21. The highest BCUT2D eigenvalue weighted by molar-refractivity contribution is 6.52. The van der Waals surface area contributed by atoms with Crippen molar-refractivity contribution in [1.82, 2.24) is 0 Å². The summed E-state index contributed by atoms with van der Waals surface area (Å²) < 4.78 is 0. The summed E-state index contributed by atoms with van der Waals surface area (Å²) in [6, 6.07) is 0. The molecule has 9 heteroatoms. The van der Waals surface area contributed by atoms with Crippen LogP contribution in [0.3, 0.4) is 0 Å². The standard InChI is InChI=1S/C9H3Cl9/c10-4-1(7(13)14)5(11)3(9(17)18)6(12)2(4)8(15)16/h7-9H. The summed E-state index contributed by atoms with van der Waals surface area (Å²) >= 11 is 53.1. The highest BCUT2D eigenvalue weighted by Crippen LogP contribution is 2.51. The number of hydrogen-bond acceptors (Lipinski definition) is 0. The Balaban J connectivity index is 3.76. The van der Waals surface area contributed by atoms with Gasteiger partial charge in [0.1, 0.15) is 14.5 Å². The quantitative estimate of drug-likeness (QED) is 0.426. The minimum absolute atomic E-state index is 0.0905. The molecule has 1 rings (SSSR count). The van der Waals surface area contributed by atoms with Gasteiger partial charge in [-0.2, -0.15) is 0 Å². The zero-order valence-corrected chi connectivity index (χ0v) is 14.9. The SMILES string of the molecule is Clc1c(C(Cl)Cl)c(Cl)c(C(Cl)Cl)c(Cl)c1C(Cl)Cl. The molecule has 0 saturated carbocycles. The van der Waals surface area contributed by atoms with Crippen LogP contribution in [0.15, 0.2) is 0 Å². The fourth-order valence-electron chi connectivity index (χ4n) is 1.30. The Morgan fingerprint density at radius 2 is 0.611 bits per heavy atom. The third-order valence-corrected chi connectivity index (χ3v) is 4.60. The van der Waals surface area contributed by atoms with E-state index in [-0.39, 0.29) is 31.8 Å². The molecule has 0 fully saturated rings. The van der Waals surface area contributed by atoms with Crippen LogP contribution in [0.1, 0.15) is 31.2 Å². The summed E-state index contributed by atoms with van der Waals surface area (Å²) in [6.07, 6.45) is 0. The fourth-order valence-corrected chi connectivity index (χ4v) is 4.65. The molecule has 0 amide bonds. The van der Waals surface area contributed by atoms with E-state index in [2.05, 4.69) is 0 Å². The van der Waals surface area contributed by atoms with Gasteiger partial charge in [0.2, 0.25) is 0 Å². The van der Waals surface area contributed by atoms with Crippen molar-refractivity contribution in [3.05, 3.63) is 31.8 Å². The van der Waals surface area contributed by atoms with Gasteiger partial charge in [0.25, 0.3) is 0 Å². The number of rotatable bonds is 3. The second-order valence-electron chi connectivity index (χ2n) is 3.09. The summed E-state index contributed by atoms with van der Waals surface area (Å²) in [5.74, 6) is 0. The first-order valence-electron chi connectivity index (χ1n) is 4.24. The second kappa shape index (κ2) is 7.20. The average molecular weight is 430 g/mol. The van der Waals surface area contributed by atoms with Crippen molar-refractivity contribution in [2.75, 3.05) is 0 Å². The van der Waals surface area contributed by atoms with Gasteiger partial charge in [0.15, 0.2) is 0 Å². The molecule has 0 unspecified atom stereocenters. The smallest absolute Gasteiger partial charge is 0.0999 e. The van der Waals surface area contributed by atoms with Crippen molar-refractivity contribution in [2.24, 2.45) is 0 Å². The molecule has 0 nitrogen and oxygen atoms in total. The molecule has 0 aliphatic rings. The zero-order chi connectivity index (χ0) is 14.2. The van der Waals surface area contributed by atoms with E-state index < -0.39 is 14.5 Å². The van der Waals surface area contributed by atoms with E-state index in [4.69, 9.17) is 104 Å². The van der Waals surface area contributed by atoms with E-state index in [1.165, 1.54) is 0 Å². The molecule has 1 aromatic carbocycles. The van der Waals surface area contributed by atoms with Gasteiger partial charge in [-0.3, -0.25) is 0 Å². The van der Waals surface area contributed by atoms with Crippen molar-refractivity contribution in [1.29, 1.82) is 0 Å². The Bertz CT molecular complexity index is 364. The van der Waals surface area contributed by atoms with Crippen LogP contribution < -0.4 is 0 Å². The van der Waals surface area contributed by atoms with E-state index in [9.17, 15) is 0 Å². The molecule has 0 bridgehead atoms. The first-order valence-corrected chi connectivity index (χ1v) is 7.99. The van der Waals surface area contributed by atoms with E-state index in [0.29, 0.717) is 0 Å². The third-order valence-electron chi connectivity index (χ3n) is 2.07. The average Bonchev–Trinajstić information content (AvgIpc) is 2.14. The summed E-state index contributed by atoms with van der Waals surface area (Å²) in [4.78, 5) is -3.00. The van der Waals surface area contributed by atoms with Gasteiger partial charge in [0.05, 0.1) is 15.1 Å². The van der Waals surface area contributed by atoms with E-state index in [1.807, 2.05) is 0 Å². The van der Waals surface area contributed by atoms with Crippen molar-refractivity contribution >= 4 is 104 Å². The molecule has 0 N–H and O–H groups in total. The molecular weight excluding hydrogens is 427 g/mol. The van der Waals surface area contributed by atoms with Gasteiger partial charge in [-0.25, -0.2) is 0 Å². The second-order valence-corrected chi connectivity index (χ2v) is 7.51. The van der Waals surface area contributed by atoms with E-state index in [0.717, 1.165) is 0 Å². The molecule has 0 aliphatic heterocycles. The maximum Gasteiger partial charge on any atom is 0.135 e. The van der Waals surface area contributed by atoms with Crippen LogP contribution in [-0.4, -0.2) is 0 Å². The van der Waals surface area contributed by atoms with Crippen LogP contribution in [0.2, 0.25) is 15.1 Å². The normalized spacial score (nSPS) is 12.0. The molecule has 0 aromatic heterocycles. The molecule has 102 valence electrons. The molecular formula is C9H3Cl9. The minimum Gasteiger partial charge on any atom is -0.0999 e. The number of alkyl halides is 6. The maximum absolute atomic E-state index is 6.09. The molecule has 0 saturated heterocycles. The van der Waals surface area contributed by atoms with Crippen molar-refractivity contribution in [3.63, 3.8) is 0 Å². The monoisotopic (exact) mass is 426 g/mol. The van der Waals surface area contributed by atoms with E-state index >= 15 is 0 Å². The largest absolute Gasteiger partial charge is 0.135 e. The predicted molar refractivity (Wildman–Crippen MR) is 84.8 cm³/mol. The van der Waals surface area contributed by atoms with Crippen molar-refractivity contribution in [3.8, 4) is 0 Å². The summed E-state index contributed by atoms with van der Waals surface area (Å²) in [5.41, 5.74) is 0.649. The van der Waals surface area contributed by atoms with Gasteiger partial charge >= 0.3 is 0 Å². The van der Waals surface area contributed by atoms with Gasteiger partial charge in [-0.1, -0.05) is 104 Å². The van der Waals surface area contributed by atoms with Gasteiger partial charge in [0, 0.05) is 16.7 Å². The Morgan fingerprint density at radius 3 is 0.722 bits per heavy atom. The van der Waals surface area contributed by atoms with Gasteiger partial charge in [-0.15, -0.1) is 0 Å². The van der Waals surface area contributed by atoms with Crippen molar-refractivity contribution in [2.45, 2.75) is 14.5 Å². The zero-order valence-electron chi connectivity index (χ0n) is 8.13. The minimum atomic E-state index is -1.00. The first kappa shape index (κ1) is 17.9. The molecule has 18 heavy (non-hydrogen) atoms. The summed E-state index contributed by atoms with van der Waals surface area (Å²) in [6.45, 7) is 0. The Morgan fingerprint density at radius 1 is 0.444 bits per heavy atom. The molecule has 0 radical (unpaired) electrons. The lowest BCUT2D eigenvalue weighted by Crippen LogP contribution is -2.00. The number of hydrogen-bond donors (Lipinski definition) is 0. The summed E-state index contributed by atoms with van der Waals surface area (Å²) in [5, 5.41) is 0.271.